The van der Waals surface area contributed by atoms with Crippen LogP contribution in [0.1, 0.15) is 12.8 Å². The van der Waals surface area contributed by atoms with Crippen LogP contribution in [-0.2, 0) is 27.5 Å². The molecule has 0 saturated carbocycles. The quantitative estimate of drug-likeness (QED) is 0.302. The molecule has 2 fully saturated rings. The first-order chi connectivity index (χ1) is 9.28. The Morgan fingerprint density at radius 1 is 1.05 bits per heavy atom. The zero-order chi connectivity index (χ0) is 13.6. The van der Waals surface area contributed by atoms with Crippen LogP contribution < -0.4 is 0 Å². The lowest BCUT2D eigenvalue weighted by Crippen LogP contribution is -2.44. The summed E-state index contributed by atoms with van der Waals surface area (Å²) in [5, 5.41) is 0. The van der Waals surface area contributed by atoms with Crippen molar-refractivity contribution in [2.24, 2.45) is 0 Å². The third-order valence-corrected chi connectivity index (χ3v) is 6.12. The summed E-state index contributed by atoms with van der Waals surface area (Å²) in [5.41, 5.74) is 0. The van der Waals surface area contributed by atoms with Gasteiger partial charge in [-0.3, -0.25) is 0 Å². The summed E-state index contributed by atoms with van der Waals surface area (Å²) in [6.07, 6.45) is 2.49. The van der Waals surface area contributed by atoms with Gasteiger partial charge in [0.25, 0.3) is 0 Å². The summed E-state index contributed by atoms with van der Waals surface area (Å²) in [4.78, 5) is 0. The van der Waals surface area contributed by atoms with Crippen molar-refractivity contribution in [1.82, 2.24) is 0 Å². The molecule has 2 heterocycles. The van der Waals surface area contributed by atoms with Crippen molar-refractivity contribution in [3.8, 4) is 0 Å². The Kier molecular flexibility index (Phi) is 6.21. The van der Waals surface area contributed by atoms with E-state index in [1.165, 1.54) is 0 Å². The van der Waals surface area contributed by atoms with Crippen LogP contribution >= 0.6 is 0 Å². The highest BCUT2D eigenvalue weighted by atomic mass is 28.4. The first kappa shape index (κ1) is 15.4. The Morgan fingerprint density at radius 2 is 1.74 bits per heavy atom. The number of ether oxygens (including phenoxy) is 3. The lowest BCUT2D eigenvalue weighted by Gasteiger charge is -2.26. The summed E-state index contributed by atoms with van der Waals surface area (Å²) >= 11 is 0. The molecule has 0 spiro atoms. The minimum atomic E-state index is -2.51. The SMILES string of the molecule is CO[Si](CCCOCC1CO1)(OC)OCCC1CO1. The number of hydrogen-bond donors (Lipinski definition) is 0. The largest absolute Gasteiger partial charge is 0.500 e. The zero-order valence-corrected chi connectivity index (χ0v) is 12.8. The van der Waals surface area contributed by atoms with Crippen molar-refractivity contribution in [3.05, 3.63) is 0 Å². The molecule has 0 aromatic heterocycles. The van der Waals surface area contributed by atoms with E-state index in [4.69, 9.17) is 27.5 Å². The fraction of sp³-hybridized carbons (Fsp3) is 1.00. The summed E-state index contributed by atoms with van der Waals surface area (Å²) in [5.74, 6) is 0. The van der Waals surface area contributed by atoms with Crippen LogP contribution in [0.25, 0.3) is 0 Å². The van der Waals surface area contributed by atoms with Gasteiger partial charge in [0.05, 0.1) is 25.9 Å². The van der Waals surface area contributed by atoms with Crippen LogP contribution in [0.3, 0.4) is 0 Å². The Morgan fingerprint density at radius 3 is 2.32 bits per heavy atom. The molecule has 112 valence electrons. The molecule has 2 aliphatic rings. The Hall–Kier alpha value is -0.0231. The molecule has 2 rings (SSSR count). The standard InChI is InChI=1S/C12H24O6Si/c1-13-19(14-2,18-6-4-11-9-16-11)7-3-5-15-8-12-10-17-12/h11-12H,3-10H2,1-2H3. The summed E-state index contributed by atoms with van der Waals surface area (Å²) in [7, 11) is 0.799. The lowest BCUT2D eigenvalue weighted by atomic mass is 10.4. The van der Waals surface area contributed by atoms with Gasteiger partial charge in [-0.15, -0.1) is 0 Å². The average molecular weight is 292 g/mol. The van der Waals surface area contributed by atoms with E-state index in [9.17, 15) is 0 Å². The molecule has 6 nitrogen and oxygen atoms in total. The third kappa shape index (κ3) is 5.86. The molecule has 2 aliphatic heterocycles. The van der Waals surface area contributed by atoms with Crippen molar-refractivity contribution in [2.45, 2.75) is 31.1 Å². The van der Waals surface area contributed by atoms with Crippen molar-refractivity contribution in [3.63, 3.8) is 0 Å². The number of epoxide rings is 2. The molecule has 0 N–H and O–H groups in total. The molecule has 2 unspecified atom stereocenters. The van der Waals surface area contributed by atoms with Crippen LogP contribution in [-0.4, -0.2) is 68.3 Å². The second kappa shape index (κ2) is 7.68. The van der Waals surface area contributed by atoms with Gasteiger partial charge in [-0.2, -0.15) is 0 Å². The van der Waals surface area contributed by atoms with Crippen LogP contribution in [0.15, 0.2) is 0 Å². The highest BCUT2D eigenvalue weighted by Gasteiger charge is 2.39. The van der Waals surface area contributed by atoms with Gasteiger partial charge in [-0.25, -0.2) is 0 Å². The second-order valence-electron chi connectivity index (χ2n) is 4.82. The normalized spacial score (nSPS) is 25.6. The van der Waals surface area contributed by atoms with Crippen LogP contribution in [0, 0.1) is 0 Å². The van der Waals surface area contributed by atoms with Gasteiger partial charge in [-0.1, -0.05) is 0 Å². The first-order valence-electron chi connectivity index (χ1n) is 6.83. The van der Waals surface area contributed by atoms with E-state index in [1.54, 1.807) is 14.2 Å². The topological polar surface area (TPSA) is 62.0 Å². The number of hydrogen-bond acceptors (Lipinski definition) is 6. The predicted octanol–water partition coefficient (Wildman–Crippen LogP) is 0.829. The minimum absolute atomic E-state index is 0.321. The molecule has 0 amide bonds. The van der Waals surface area contributed by atoms with E-state index in [0.717, 1.165) is 32.1 Å². The summed E-state index contributed by atoms with van der Waals surface area (Å²) < 4.78 is 32.6. The molecule has 19 heavy (non-hydrogen) atoms. The molecule has 2 saturated heterocycles. The maximum atomic E-state index is 5.85. The van der Waals surface area contributed by atoms with E-state index in [1.807, 2.05) is 0 Å². The van der Waals surface area contributed by atoms with Crippen LogP contribution in [0.4, 0.5) is 0 Å². The van der Waals surface area contributed by atoms with E-state index in [0.29, 0.717) is 32.0 Å². The Labute approximate surface area is 115 Å². The van der Waals surface area contributed by atoms with Gasteiger partial charge in [0.2, 0.25) is 0 Å². The van der Waals surface area contributed by atoms with Gasteiger partial charge in [0, 0.05) is 33.5 Å². The molecule has 0 aliphatic carbocycles. The smallest absolute Gasteiger partial charge is 0.379 e. The van der Waals surface area contributed by atoms with Gasteiger partial charge in [0.1, 0.15) is 6.10 Å². The van der Waals surface area contributed by atoms with Crippen LogP contribution in [0.5, 0.6) is 0 Å². The van der Waals surface area contributed by atoms with Gasteiger partial charge in [-0.05, 0) is 12.8 Å². The summed E-state index contributed by atoms with van der Waals surface area (Å²) in [6, 6.07) is 0.775. The molecule has 0 aromatic rings. The average Bonchev–Trinajstić information content (AvgIpc) is 3.30. The summed E-state index contributed by atoms with van der Waals surface area (Å²) in [6.45, 7) is 3.70. The second-order valence-corrected chi connectivity index (χ2v) is 7.79. The van der Waals surface area contributed by atoms with Gasteiger partial charge in [0.15, 0.2) is 0 Å². The number of rotatable bonds is 12. The van der Waals surface area contributed by atoms with E-state index >= 15 is 0 Å². The molecule has 2 atom stereocenters. The fourth-order valence-corrected chi connectivity index (χ4v) is 3.79. The van der Waals surface area contributed by atoms with E-state index < -0.39 is 8.80 Å². The molecule has 7 heteroatoms. The fourth-order valence-electron chi connectivity index (χ4n) is 1.83. The Balaban J connectivity index is 1.57. The molecular weight excluding hydrogens is 268 g/mol. The molecule has 0 radical (unpaired) electrons. The van der Waals surface area contributed by atoms with Crippen molar-refractivity contribution in [2.75, 3.05) is 47.3 Å². The highest BCUT2D eigenvalue weighted by molar-refractivity contribution is 6.60. The third-order valence-electron chi connectivity index (χ3n) is 3.26. The lowest BCUT2D eigenvalue weighted by molar-refractivity contribution is 0.0840. The molecular formula is C12H24O6Si. The first-order valence-corrected chi connectivity index (χ1v) is 8.76. The van der Waals surface area contributed by atoms with E-state index in [-0.39, 0.29) is 0 Å². The zero-order valence-electron chi connectivity index (χ0n) is 11.8. The highest BCUT2D eigenvalue weighted by Crippen LogP contribution is 2.19. The van der Waals surface area contributed by atoms with Crippen molar-refractivity contribution < 1.29 is 27.5 Å². The van der Waals surface area contributed by atoms with Crippen LogP contribution in [0.2, 0.25) is 6.04 Å². The molecule has 0 bridgehead atoms. The maximum absolute atomic E-state index is 5.85. The van der Waals surface area contributed by atoms with E-state index in [2.05, 4.69) is 0 Å². The molecule has 0 aromatic carbocycles. The predicted molar refractivity (Wildman–Crippen MR) is 70.1 cm³/mol. The van der Waals surface area contributed by atoms with Gasteiger partial charge >= 0.3 is 8.80 Å². The monoisotopic (exact) mass is 292 g/mol. The van der Waals surface area contributed by atoms with Crippen molar-refractivity contribution in [1.29, 1.82) is 0 Å². The minimum Gasteiger partial charge on any atom is -0.379 e. The van der Waals surface area contributed by atoms with Gasteiger partial charge < -0.3 is 27.5 Å². The van der Waals surface area contributed by atoms with Crippen molar-refractivity contribution >= 4 is 8.80 Å². The maximum Gasteiger partial charge on any atom is 0.500 e. The Bertz CT molecular complexity index is 253.